The molecule has 6 nitrogen and oxygen atoms in total. The zero-order valence-corrected chi connectivity index (χ0v) is 30.1. The Balaban J connectivity index is 4.27. The van der Waals surface area contributed by atoms with Crippen LogP contribution >= 0.6 is 0 Å². The molecule has 46 heavy (non-hydrogen) atoms. The topological polar surface area (TPSA) is 78.9 Å². The molecule has 0 aliphatic rings. The first kappa shape index (κ1) is 43.6. The molecule has 0 radical (unpaired) electrons. The standard InChI is InChI=1S/C40H70O6/c1-4-7-10-13-15-17-18-19-20-21-22-23-25-27-30-33-39(42)45-36-37(35-44-38(41)32-29-26-12-9-6-3)46-40(43)34-31-28-24-16-14-11-8-5-2/h7,10,15,17,19-20,37H,4-6,8-9,11-14,16,18,21-36H2,1-3H3/b10-7-,17-15-,20-19-. The minimum atomic E-state index is -0.768. The highest BCUT2D eigenvalue weighted by atomic mass is 16.6. The molecule has 0 aromatic rings. The van der Waals surface area contributed by atoms with Gasteiger partial charge in [0.2, 0.25) is 0 Å². The zero-order valence-electron chi connectivity index (χ0n) is 30.1. The average Bonchev–Trinajstić information content (AvgIpc) is 3.05. The first-order chi connectivity index (χ1) is 22.5. The summed E-state index contributed by atoms with van der Waals surface area (Å²) in [7, 11) is 0. The predicted octanol–water partition coefficient (Wildman–Crippen LogP) is 11.5. The van der Waals surface area contributed by atoms with Crippen molar-refractivity contribution in [1.82, 2.24) is 0 Å². The first-order valence-corrected chi connectivity index (χ1v) is 19.0. The maximum atomic E-state index is 12.5. The van der Waals surface area contributed by atoms with E-state index in [9.17, 15) is 14.4 Å². The van der Waals surface area contributed by atoms with Crippen LogP contribution in [-0.4, -0.2) is 37.2 Å². The molecule has 0 fully saturated rings. The molecule has 0 aliphatic carbocycles. The van der Waals surface area contributed by atoms with Gasteiger partial charge >= 0.3 is 17.9 Å². The minimum absolute atomic E-state index is 0.0781. The maximum Gasteiger partial charge on any atom is 0.306 e. The third-order valence-corrected chi connectivity index (χ3v) is 7.91. The molecule has 0 spiro atoms. The lowest BCUT2D eigenvalue weighted by atomic mass is 10.1. The van der Waals surface area contributed by atoms with Gasteiger partial charge in [0, 0.05) is 19.3 Å². The first-order valence-electron chi connectivity index (χ1n) is 19.0. The number of esters is 3. The van der Waals surface area contributed by atoms with Crippen LogP contribution in [0.4, 0.5) is 0 Å². The van der Waals surface area contributed by atoms with E-state index in [2.05, 4.69) is 57.2 Å². The van der Waals surface area contributed by atoms with Crippen molar-refractivity contribution in [3.8, 4) is 0 Å². The third-order valence-electron chi connectivity index (χ3n) is 7.91. The second-order valence-electron chi connectivity index (χ2n) is 12.5. The van der Waals surface area contributed by atoms with E-state index in [1.165, 1.54) is 38.5 Å². The summed E-state index contributed by atoms with van der Waals surface area (Å²) >= 11 is 0. The number of allylic oxidation sites excluding steroid dienone is 6. The van der Waals surface area contributed by atoms with Crippen LogP contribution in [0.3, 0.4) is 0 Å². The van der Waals surface area contributed by atoms with Gasteiger partial charge in [0.25, 0.3) is 0 Å². The summed E-state index contributed by atoms with van der Waals surface area (Å²) in [5.41, 5.74) is 0. The van der Waals surface area contributed by atoms with E-state index in [0.717, 1.165) is 103 Å². The second kappa shape index (κ2) is 35.5. The molecule has 0 N–H and O–H groups in total. The smallest absolute Gasteiger partial charge is 0.306 e. The molecule has 0 aromatic heterocycles. The highest BCUT2D eigenvalue weighted by molar-refractivity contribution is 5.71. The fourth-order valence-electron chi connectivity index (χ4n) is 5.04. The fourth-order valence-corrected chi connectivity index (χ4v) is 5.04. The number of hydrogen-bond donors (Lipinski definition) is 0. The van der Waals surface area contributed by atoms with Gasteiger partial charge in [-0.2, -0.15) is 0 Å². The Kier molecular flexibility index (Phi) is 33.7. The molecule has 0 saturated carbocycles. The van der Waals surface area contributed by atoms with E-state index in [-0.39, 0.29) is 31.1 Å². The maximum absolute atomic E-state index is 12.5. The van der Waals surface area contributed by atoms with E-state index in [1.54, 1.807) is 0 Å². The molecule has 0 heterocycles. The van der Waals surface area contributed by atoms with Gasteiger partial charge in [-0.25, -0.2) is 0 Å². The number of ether oxygens (including phenoxy) is 3. The van der Waals surface area contributed by atoms with Gasteiger partial charge < -0.3 is 14.2 Å². The lowest BCUT2D eigenvalue weighted by Gasteiger charge is -2.18. The molecule has 6 heteroatoms. The Labute approximate surface area is 283 Å². The summed E-state index contributed by atoms with van der Waals surface area (Å²) in [5, 5.41) is 0. The summed E-state index contributed by atoms with van der Waals surface area (Å²) in [4.78, 5) is 37.1. The van der Waals surface area contributed by atoms with E-state index in [1.807, 2.05) is 0 Å². The van der Waals surface area contributed by atoms with E-state index in [4.69, 9.17) is 14.2 Å². The fraction of sp³-hybridized carbons (Fsp3) is 0.775. The van der Waals surface area contributed by atoms with Crippen LogP contribution in [0, 0.1) is 0 Å². The van der Waals surface area contributed by atoms with Gasteiger partial charge in [-0.3, -0.25) is 14.4 Å². The number of rotatable bonds is 33. The molecule has 0 saturated heterocycles. The Hall–Kier alpha value is -2.37. The van der Waals surface area contributed by atoms with Gasteiger partial charge in [-0.1, -0.05) is 147 Å². The number of hydrogen-bond acceptors (Lipinski definition) is 6. The van der Waals surface area contributed by atoms with Gasteiger partial charge in [-0.05, 0) is 51.4 Å². The zero-order chi connectivity index (χ0) is 33.8. The van der Waals surface area contributed by atoms with E-state index < -0.39 is 6.10 Å². The van der Waals surface area contributed by atoms with Crippen LogP contribution < -0.4 is 0 Å². The van der Waals surface area contributed by atoms with Crippen molar-refractivity contribution in [2.75, 3.05) is 13.2 Å². The van der Waals surface area contributed by atoms with Crippen molar-refractivity contribution in [3.63, 3.8) is 0 Å². The Bertz CT molecular complexity index is 800. The lowest BCUT2D eigenvalue weighted by Crippen LogP contribution is -2.30. The molecule has 0 bridgehead atoms. The van der Waals surface area contributed by atoms with E-state index in [0.29, 0.717) is 19.3 Å². The number of carbonyl (C=O) groups is 3. The molecule has 0 aliphatic heterocycles. The van der Waals surface area contributed by atoms with Gasteiger partial charge in [0.1, 0.15) is 13.2 Å². The van der Waals surface area contributed by atoms with Crippen molar-refractivity contribution in [1.29, 1.82) is 0 Å². The van der Waals surface area contributed by atoms with Crippen LogP contribution in [0.5, 0.6) is 0 Å². The summed E-state index contributed by atoms with van der Waals surface area (Å²) < 4.78 is 16.4. The summed E-state index contributed by atoms with van der Waals surface area (Å²) in [6, 6.07) is 0. The van der Waals surface area contributed by atoms with Crippen molar-refractivity contribution in [2.24, 2.45) is 0 Å². The lowest BCUT2D eigenvalue weighted by molar-refractivity contribution is -0.167. The number of carbonyl (C=O) groups excluding carboxylic acids is 3. The van der Waals surface area contributed by atoms with Crippen LogP contribution in [0.1, 0.15) is 181 Å². The van der Waals surface area contributed by atoms with Crippen molar-refractivity contribution in [2.45, 2.75) is 187 Å². The van der Waals surface area contributed by atoms with Crippen molar-refractivity contribution >= 4 is 17.9 Å². The minimum Gasteiger partial charge on any atom is -0.462 e. The van der Waals surface area contributed by atoms with Gasteiger partial charge in [-0.15, -0.1) is 0 Å². The normalized spacial score (nSPS) is 12.3. The summed E-state index contributed by atoms with van der Waals surface area (Å²) in [6.07, 6.45) is 37.3. The second-order valence-corrected chi connectivity index (χ2v) is 12.5. The van der Waals surface area contributed by atoms with Crippen LogP contribution in [0.25, 0.3) is 0 Å². The van der Waals surface area contributed by atoms with Crippen molar-refractivity contribution < 1.29 is 28.6 Å². The third kappa shape index (κ3) is 33.0. The summed E-state index contributed by atoms with van der Waals surface area (Å²) in [5.74, 6) is -0.920. The van der Waals surface area contributed by atoms with E-state index >= 15 is 0 Å². The highest BCUT2D eigenvalue weighted by Crippen LogP contribution is 2.12. The Morgan fingerprint density at radius 3 is 1.33 bits per heavy atom. The number of unbranched alkanes of at least 4 members (excludes halogenated alkanes) is 16. The van der Waals surface area contributed by atoms with Gasteiger partial charge in [0.15, 0.2) is 6.10 Å². The Morgan fingerprint density at radius 1 is 0.457 bits per heavy atom. The summed E-state index contributed by atoms with van der Waals surface area (Å²) in [6.45, 7) is 6.36. The van der Waals surface area contributed by atoms with Crippen LogP contribution in [0.2, 0.25) is 0 Å². The SMILES string of the molecule is CC/C=C\C/C=C\C/C=C\CCCCCCCC(=O)OCC(COC(=O)CCCCCCC)OC(=O)CCCCCCCCCC. The van der Waals surface area contributed by atoms with Gasteiger partial charge in [0.05, 0.1) is 0 Å². The van der Waals surface area contributed by atoms with Crippen LogP contribution in [-0.2, 0) is 28.6 Å². The Morgan fingerprint density at radius 2 is 0.848 bits per heavy atom. The molecule has 0 rings (SSSR count). The van der Waals surface area contributed by atoms with Crippen LogP contribution in [0.15, 0.2) is 36.5 Å². The predicted molar refractivity (Wildman–Crippen MR) is 192 cm³/mol. The molecule has 0 amide bonds. The monoisotopic (exact) mass is 647 g/mol. The molecular formula is C40H70O6. The molecule has 1 unspecified atom stereocenters. The highest BCUT2D eigenvalue weighted by Gasteiger charge is 2.19. The quantitative estimate of drug-likeness (QED) is 0.0305. The molecule has 0 aromatic carbocycles. The van der Waals surface area contributed by atoms with Crippen molar-refractivity contribution in [3.05, 3.63) is 36.5 Å². The average molecular weight is 647 g/mol. The molecule has 266 valence electrons. The largest absolute Gasteiger partial charge is 0.462 e. The molecule has 1 atom stereocenters. The molecular weight excluding hydrogens is 576 g/mol.